The average Bonchev–Trinajstić information content (AvgIpc) is 3.05. The van der Waals surface area contributed by atoms with Crippen molar-refractivity contribution in [3.05, 3.63) is 77.3 Å². The van der Waals surface area contributed by atoms with E-state index >= 15 is 0 Å². The molecule has 0 saturated heterocycles. The number of aromatic nitrogens is 1. The summed E-state index contributed by atoms with van der Waals surface area (Å²) in [5, 5.41) is 6.04. The highest BCUT2D eigenvalue weighted by Gasteiger charge is 2.06. The van der Waals surface area contributed by atoms with Crippen LogP contribution in [-0.2, 0) is 17.6 Å². The predicted octanol–water partition coefficient (Wildman–Crippen LogP) is 3.71. The van der Waals surface area contributed by atoms with E-state index in [0.717, 1.165) is 28.2 Å². The van der Waals surface area contributed by atoms with Crippen LogP contribution in [0.2, 0.25) is 0 Å². The van der Waals surface area contributed by atoms with Crippen LogP contribution in [0.4, 0.5) is 0 Å². The van der Waals surface area contributed by atoms with Crippen molar-refractivity contribution in [3.63, 3.8) is 0 Å². The van der Waals surface area contributed by atoms with Gasteiger partial charge in [-0.1, -0.05) is 60.7 Å². The molecule has 1 amide bonds. The van der Waals surface area contributed by atoms with Crippen molar-refractivity contribution in [2.45, 2.75) is 12.8 Å². The number of nitrogens with zero attached hydrogens (tertiary/aromatic N) is 1. The van der Waals surface area contributed by atoms with Gasteiger partial charge in [0.05, 0.1) is 12.1 Å². The molecule has 0 atom stereocenters. The van der Waals surface area contributed by atoms with Crippen LogP contribution in [-0.4, -0.2) is 17.4 Å². The summed E-state index contributed by atoms with van der Waals surface area (Å²) in [6.07, 6.45) is 1.18. The fraction of sp³-hybridized carbons (Fsp3) is 0.158. The third kappa shape index (κ3) is 4.50. The van der Waals surface area contributed by atoms with E-state index in [1.54, 1.807) is 11.3 Å². The number of benzene rings is 2. The van der Waals surface area contributed by atoms with E-state index in [9.17, 15) is 4.79 Å². The van der Waals surface area contributed by atoms with E-state index in [4.69, 9.17) is 0 Å². The SMILES string of the molecule is O=C(Cc1ccccc1)NCCc1csc(-c2ccccc2)n1. The summed E-state index contributed by atoms with van der Waals surface area (Å²) in [6.45, 7) is 0.615. The molecule has 0 spiro atoms. The summed E-state index contributed by atoms with van der Waals surface area (Å²) in [5.74, 6) is 0.0507. The van der Waals surface area contributed by atoms with Crippen LogP contribution >= 0.6 is 11.3 Å². The largest absolute Gasteiger partial charge is 0.355 e. The van der Waals surface area contributed by atoms with Crippen LogP contribution in [0.15, 0.2) is 66.0 Å². The molecule has 2 aromatic carbocycles. The van der Waals surface area contributed by atoms with Gasteiger partial charge >= 0.3 is 0 Å². The molecule has 0 fully saturated rings. The van der Waals surface area contributed by atoms with Crippen molar-refractivity contribution >= 4 is 17.2 Å². The zero-order valence-corrected chi connectivity index (χ0v) is 13.6. The topological polar surface area (TPSA) is 42.0 Å². The van der Waals surface area contributed by atoms with Gasteiger partial charge < -0.3 is 5.32 Å². The highest BCUT2D eigenvalue weighted by atomic mass is 32.1. The lowest BCUT2D eigenvalue weighted by Crippen LogP contribution is -2.27. The zero-order chi connectivity index (χ0) is 15.9. The van der Waals surface area contributed by atoms with Gasteiger partial charge in [0.15, 0.2) is 0 Å². The minimum Gasteiger partial charge on any atom is -0.355 e. The smallest absolute Gasteiger partial charge is 0.224 e. The first kappa shape index (κ1) is 15.4. The van der Waals surface area contributed by atoms with Gasteiger partial charge in [-0.25, -0.2) is 4.98 Å². The minimum absolute atomic E-state index is 0.0507. The summed E-state index contributed by atoms with van der Waals surface area (Å²) < 4.78 is 0. The second kappa shape index (κ2) is 7.70. The Labute approximate surface area is 140 Å². The number of nitrogens with one attached hydrogen (secondary N) is 1. The van der Waals surface area contributed by atoms with Gasteiger partial charge in [0.2, 0.25) is 5.91 Å². The van der Waals surface area contributed by atoms with Crippen LogP contribution in [0.3, 0.4) is 0 Å². The molecule has 1 heterocycles. The third-order valence-electron chi connectivity index (χ3n) is 3.48. The second-order valence-electron chi connectivity index (χ2n) is 5.27. The summed E-state index contributed by atoms with van der Waals surface area (Å²) >= 11 is 1.64. The fourth-order valence-corrected chi connectivity index (χ4v) is 3.17. The lowest BCUT2D eigenvalue weighted by Gasteiger charge is -2.04. The lowest BCUT2D eigenvalue weighted by atomic mass is 10.1. The Balaban J connectivity index is 1.48. The fourth-order valence-electron chi connectivity index (χ4n) is 2.31. The highest BCUT2D eigenvalue weighted by Crippen LogP contribution is 2.23. The van der Waals surface area contributed by atoms with Crippen LogP contribution < -0.4 is 5.32 Å². The van der Waals surface area contributed by atoms with Crippen LogP contribution in [0, 0.1) is 0 Å². The molecule has 0 aliphatic heterocycles. The maximum Gasteiger partial charge on any atom is 0.224 e. The molecule has 0 aliphatic carbocycles. The summed E-state index contributed by atoms with van der Waals surface area (Å²) in [7, 11) is 0. The van der Waals surface area contributed by atoms with E-state index in [1.807, 2.05) is 48.5 Å². The number of hydrogen-bond acceptors (Lipinski definition) is 3. The van der Waals surface area contributed by atoms with Crippen molar-refractivity contribution in [2.75, 3.05) is 6.54 Å². The molecule has 116 valence electrons. The molecule has 0 radical (unpaired) electrons. The van der Waals surface area contributed by atoms with Crippen molar-refractivity contribution in [3.8, 4) is 10.6 Å². The summed E-state index contributed by atoms with van der Waals surface area (Å²) in [4.78, 5) is 16.5. The third-order valence-corrected chi connectivity index (χ3v) is 4.42. The van der Waals surface area contributed by atoms with Gasteiger partial charge in [-0.3, -0.25) is 4.79 Å². The van der Waals surface area contributed by atoms with E-state index in [2.05, 4.69) is 27.8 Å². The molecule has 1 N–H and O–H groups in total. The molecule has 0 saturated carbocycles. The Hall–Kier alpha value is -2.46. The second-order valence-corrected chi connectivity index (χ2v) is 6.13. The maximum atomic E-state index is 11.9. The molecule has 1 aromatic heterocycles. The number of hydrogen-bond donors (Lipinski definition) is 1. The van der Waals surface area contributed by atoms with Gasteiger partial charge in [0.1, 0.15) is 5.01 Å². The Bertz CT molecular complexity index is 753. The predicted molar refractivity (Wildman–Crippen MR) is 94.4 cm³/mol. The molecule has 3 nitrogen and oxygen atoms in total. The first-order chi connectivity index (χ1) is 11.3. The highest BCUT2D eigenvalue weighted by molar-refractivity contribution is 7.13. The van der Waals surface area contributed by atoms with Gasteiger partial charge in [0, 0.05) is 23.9 Å². The lowest BCUT2D eigenvalue weighted by molar-refractivity contribution is -0.120. The van der Waals surface area contributed by atoms with Gasteiger partial charge in [-0.2, -0.15) is 0 Å². The molecular weight excluding hydrogens is 304 g/mol. The molecule has 0 aliphatic rings. The molecule has 4 heteroatoms. The van der Waals surface area contributed by atoms with E-state index in [-0.39, 0.29) is 5.91 Å². The molecule has 23 heavy (non-hydrogen) atoms. The molecule has 0 unspecified atom stereocenters. The Kier molecular flexibility index (Phi) is 5.17. The van der Waals surface area contributed by atoms with Crippen LogP contribution in [0.5, 0.6) is 0 Å². The zero-order valence-electron chi connectivity index (χ0n) is 12.7. The summed E-state index contributed by atoms with van der Waals surface area (Å²) in [5.41, 5.74) is 3.19. The van der Waals surface area contributed by atoms with Crippen LogP contribution in [0.25, 0.3) is 10.6 Å². The van der Waals surface area contributed by atoms with E-state index < -0.39 is 0 Å². The van der Waals surface area contributed by atoms with Crippen molar-refractivity contribution < 1.29 is 4.79 Å². The number of carbonyl (C=O) groups excluding carboxylic acids is 1. The Morgan fingerprint density at radius 1 is 1.00 bits per heavy atom. The van der Waals surface area contributed by atoms with Crippen molar-refractivity contribution in [1.82, 2.24) is 10.3 Å². The normalized spacial score (nSPS) is 10.4. The first-order valence-corrected chi connectivity index (χ1v) is 8.50. The number of thiazole rings is 1. The van der Waals surface area contributed by atoms with Gasteiger partial charge in [-0.15, -0.1) is 11.3 Å². The quantitative estimate of drug-likeness (QED) is 0.751. The maximum absolute atomic E-state index is 11.9. The molecule has 0 bridgehead atoms. The average molecular weight is 322 g/mol. The van der Waals surface area contributed by atoms with E-state index in [1.165, 1.54) is 0 Å². The monoisotopic (exact) mass is 322 g/mol. The molecule has 3 rings (SSSR count). The standard InChI is InChI=1S/C19H18N2OS/c22-18(13-15-7-3-1-4-8-15)20-12-11-17-14-23-19(21-17)16-9-5-2-6-10-16/h1-10,14H,11-13H2,(H,20,22). The van der Waals surface area contributed by atoms with Crippen molar-refractivity contribution in [1.29, 1.82) is 0 Å². The number of carbonyl (C=O) groups is 1. The van der Waals surface area contributed by atoms with Crippen molar-refractivity contribution in [2.24, 2.45) is 0 Å². The van der Waals surface area contributed by atoms with Gasteiger partial charge in [-0.05, 0) is 5.56 Å². The number of rotatable bonds is 6. The molecular formula is C19H18N2OS. The Morgan fingerprint density at radius 3 is 2.43 bits per heavy atom. The Morgan fingerprint density at radius 2 is 1.70 bits per heavy atom. The van der Waals surface area contributed by atoms with Crippen LogP contribution in [0.1, 0.15) is 11.3 Å². The molecule has 3 aromatic rings. The van der Waals surface area contributed by atoms with E-state index in [0.29, 0.717) is 13.0 Å². The number of amides is 1. The van der Waals surface area contributed by atoms with Gasteiger partial charge in [0.25, 0.3) is 0 Å². The first-order valence-electron chi connectivity index (χ1n) is 7.62. The summed E-state index contributed by atoms with van der Waals surface area (Å²) in [6, 6.07) is 19.9. The minimum atomic E-state index is 0.0507.